The van der Waals surface area contributed by atoms with Crippen LogP contribution < -0.4 is 5.73 Å². The highest BCUT2D eigenvalue weighted by atomic mass is 14.9. The van der Waals surface area contributed by atoms with E-state index in [9.17, 15) is 0 Å². The summed E-state index contributed by atoms with van der Waals surface area (Å²) in [7, 11) is 0. The van der Waals surface area contributed by atoms with Gasteiger partial charge >= 0.3 is 0 Å². The number of nitrogens with two attached hydrogens (primary N) is 1. The van der Waals surface area contributed by atoms with Crippen LogP contribution in [0.15, 0.2) is 23.6 Å². The third-order valence-electron chi connectivity index (χ3n) is 1.15. The van der Waals surface area contributed by atoms with Gasteiger partial charge in [0.2, 0.25) is 0 Å². The van der Waals surface area contributed by atoms with Crippen LogP contribution in [0.2, 0.25) is 0 Å². The minimum Gasteiger partial charge on any atom is -0.382 e. The number of amidine groups is 1. The van der Waals surface area contributed by atoms with Crippen molar-refractivity contribution < 1.29 is 0 Å². The SMILES string of the molecule is CC/N=C(/N)c1cnccn1. The lowest BCUT2D eigenvalue weighted by molar-refractivity contribution is 1.10. The largest absolute Gasteiger partial charge is 0.382 e. The van der Waals surface area contributed by atoms with Gasteiger partial charge in [0.05, 0.1) is 6.20 Å². The van der Waals surface area contributed by atoms with Gasteiger partial charge in [0.1, 0.15) is 11.5 Å². The van der Waals surface area contributed by atoms with Crippen LogP contribution in [0.1, 0.15) is 12.6 Å². The van der Waals surface area contributed by atoms with E-state index in [1.807, 2.05) is 6.92 Å². The van der Waals surface area contributed by atoms with Crippen molar-refractivity contribution in [3.8, 4) is 0 Å². The summed E-state index contributed by atoms with van der Waals surface area (Å²) < 4.78 is 0. The maximum absolute atomic E-state index is 5.55. The first-order valence-electron chi connectivity index (χ1n) is 3.41. The fraction of sp³-hybridized carbons (Fsp3) is 0.286. The third-order valence-corrected chi connectivity index (χ3v) is 1.15. The number of hydrogen-bond acceptors (Lipinski definition) is 3. The molecule has 0 aromatic carbocycles. The van der Waals surface area contributed by atoms with Crippen molar-refractivity contribution in [2.24, 2.45) is 10.7 Å². The molecule has 4 heteroatoms. The standard InChI is InChI=1S/C7H10N4/c1-2-10-7(8)6-5-9-3-4-11-6/h3-5H,2H2,1H3,(H2,8,10). The minimum absolute atomic E-state index is 0.445. The number of rotatable bonds is 2. The molecule has 2 N–H and O–H groups in total. The fourth-order valence-electron chi connectivity index (χ4n) is 0.683. The van der Waals surface area contributed by atoms with Gasteiger partial charge in [-0.15, -0.1) is 0 Å². The monoisotopic (exact) mass is 150 g/mol. The second kappa shape index (κ2) is 3.65. The molecule has 11 heavy (non-hydrogen) atoms. The highest BCUT2D eigenvalue weighted by Gasteiger charge is 1.95. The lowest BCUT2D eigenvalue weighted by Gasteiger charge is -1.95. The van der Waals surface area contributed by atoms with E-state index in [1.54, 1.807) is 18.6 Å². The van der Waals surface area contributed by atoms with E-state index in [0.29, 0.717) is 18.1 Å². The number of nitrogens with zero attached hydrogens (tertiary/aromatic N) is 3. The summed E-state index contributed by atoms with van der Waals surface area (Å²) in [6.07, 6.45) is 4.78. The van der Waals surface area contributed by atoms with E-state index in [0.717, 1.165) is 0 Å². The van der Waals surface area contributed by atoms with E-state index >= 15 is 0 Å². The third kappa shape index (κ3) is 2.00. The molecule has 0 saturated heterocycles. The Bertz CT molecular complexity index is 242. The predicted octanol–water partition coefficient (Wildman–Crippen LogP) is 0.202. The Morgan fingerprint density at radius 1 is 1.64 bits per heavy atom. The van der Waals surface area contributed by atoms with Gasteiger partial charge in [-0.3, -0.25) is 9.98 Å². The zero-order chi connectivity index (χ0) is 8.10. The number of aliphatic imine (C=N–C) groups is 1. The van der Waals surface area contributed by atoms with Gasteiger partial charge in [-0.25, -0.2) is 4.98 Å². The van der Waals surface area contributed by atoms with Crippen molar-refractivity contribution in [3.63, 3.8) is 0 Å². The van der Waals surface area contributed by atoms with Crippen LogP contribution in [0.5, 0.6) is 0 Å². The van der Waals surface area contributed by atoms with Gasteiger partial charge in [-0.1, -0.05) is 0 Å². The van der Waals surface area contributed by atoms with Gasteiger partial charge in [0.15, 0.2) is 0 Å². The molecule has 1 rings (SSSR count). The topological polar surface area (TPSA) is 64.2 Å². The Morgan fingerprint density at radius 2 is 2.45 bits per heavy atom. The van der Waals surface area contributed by atoms with Crippen molar-refractivity contribution in [1.82, 2.24) is 9.97 Å². The molecule has 1 aromatic rings. The summed E-state index contributed by atoms with van der Waals surface area (Å²) in [5, 5.41) is 0. The molecule has 0 fully saturated rings. The molecule has 0 amide bonds. The molecule has 0 aliphatic heterocycles. The lowest BCUT2D eigenvalue weighted by atomic mass is 10.4. The first-order chi connectivity index (χ1) is 5.34. The summed E-state index contributed by atoms with van der Waals surface area (Å²) in [6, 6.07) is 0. The lowest BCUT2D eigenvalue weighted by Crippen LogP contribution is -2.15. The molecule has 0 bridgehead atoms. The van der Waals surface area contributed by atoms with Crippen LogP contribution in [0.4, 0.5) is 0 Å². The molecule has 0 spiro atoms. The number of hydrogen-bond donors (Lipinski definition) is 1. The van der Waals surface area contributed by atoms with Crippen molar-refractivity contribution in [2.75, 3.05) is 6.54 Å². The van der Waals surface area contributed by atoms with E-state index < -0.39 is 0 Å². The van der Waals surface area contributed by atoms with Gasteiger partial charge in [0, 0.05) is 18.9 Å². The second-order valence-electron chi connectivity index (χ2n) is 1.95. The second-order valence-corrected chi connectivity index (χ2v) is 1.95. The highest BCUT2D eigenvalue weighted by molar-refractivity contribution is 5.95. The van der Waals surface area contributed by atoms with Crippen molar-refractivity contribution >= 4 is 5.84 Å². The van der Waals surface area contributed by atoms with Crippen LogP contribution in [0, 0.1) is 0 Å². The quantitative estimate of drug-likeness (QED) is 0.484. The molecule has 0 saturated carbocycles. The zero-order valence-electron chi connectivity index (χ0n) is 6.36. The molecule has 1 aromatic heterocycles. The average Bonchev–Trinajstić information content (AvgIpc) is 2.07. The Hall–Kier alpha value is -1.45. The first kappa shape index (κ1) is 7.65. The molecule has 0 aliphatic rings. The normalized spacial score (nSPS) is 11.5. The maximum atomic E-state index is 5.55. The molecule has 0 radical (unpaired) electrons. The Balaban J connectivity index is 2.85. The van der Waals surface area contributed by atoms with Crippen LogP contribution in [-0.2, 0) is 0 Å². The Labute approximate surface area is 65.2 Å². The van der Waals surface area contributed by atoms with Crippen molar-refractivity contribution in [1.29, 1.82) is 0 Å². The summed E-state index contributed by atoms with van der Waals surface area (Å²) in [4.78, 5) is 11.8. The molecule has 0 unspecified atom stereocenters. The van der Waals surface area contributed by atoms with Crippen molar-refractivity contribution in [3.05, 3.63) is 24.3 Å². The summed E-state index contributed by atoms with van der Waals surface area (Å²) in [6.45, 7) is 2.59. The molecule has 0 atom stereocenters. The molecular formula is C7H10N4. The van der Waals surface area contributed by atoms with Gasteiger partial charge in [0.25, 0.3) is 0 Å². The molecule has 4 nitrogen and oxygen atoms in total. The smallest absolute Gasteiger partial charge is 0.146 e. The van der Waals surface area contributed by atoms with Crippen LogP contribution >= 0.6 is 0 Å². The van der Waals surface area contributed by atoms with Crippen LogP contribution in [0.25, 0.3) is 0 Å². The molecule has 58 valence electrons. The Kier molecular flexibility index (Phi) is 2.54. The fourth-order valence-corrected chi connectivity index (χ4v) is 0.683. The zero-order valence-corrected chi connectivity index (χ0v) is 6.36. The van der Waals surface area contributed by atoms with Gasteiger partial charge < -0.3 is 5.73 Å². The summed E-state index contributed by atoms with van der Waals surface area (Å²) >= 11 is 0. The minimum atomic E-state index is 0.445. The maximum Gasteiger partial charge on any atom is 0.146 e. The van der Waals surface area contributed by atoms with E-state index in [1.165, 1.54) is 0 Å². The number of aromatic nitrogens is 2. The van der Waals surface area contributed by atoms with E-state index in [2.05, 4.69) is 15.0 Å². The first-order valence-corrected chi connectivity index (χ1v) is 3.41. The Morgan fingerprint density at radius 3 is 3.00 bits per heavy atom. The van der Waals surface area contributed by atoms with Crippen LogP contribution in [-0.4, -0.2) is 22.3 Å². The van der Waals surface area contributed by atoms with E-state index in [-0.39, 0.29) is 0 Å². The van der Waals surface area contributed by atoms with E-state index in [4.69, 9.17) is 5.73 Å². The van der Waals surface area contributed by atoms with Gasteiger partial charge in [-0.05, 0) is 6.92 Å². The van der Waals surface area contributed by atoms with Crippen molar-refractivity contribution in [2.45, 2.75) is 6.92 Å². The van der Waals surface area contributed by atoms with Gasteiger partial charge in [-0.2, -0.15) is 0 Å². The molecular weight excluding hydrogens is 140 g/mol. The van der Waals surface area contributed by atoms with Crippen LogP contribution in [0.3, 0.4) is 0 Å². The molecule has 1 heterocycles. The molecule has 0 aliphatic carbocycles. The highest BCUT2D eigenvalue weighted by Crippen LogP contribution is 1.88. The summed E-state index contributed by atoms with van der Waals surface area (Å²) in [5.74, 6) is 0.445. The average molecular weight is 150 g/mol. The summed E-state index contributed by atoms with van der Waals surface area (Å²) in [5.41, 5.74) is 6.19. The predicted molar refractivity (Wildman–Crippen MR) is 43.3 cm³/mol.